The van der Waals surface area contributed by atoms with Crippen LogP contribution >= 0.6 is 23.2 Å². The number of carbonyl (C=O) groups excluding carboxylic acids is 1. The molecule has 0 saturated heterocycles. The van der Waals surface area contributed by atoms with E-state index in [1.54, 1.807) is 0 Å². The van der Waals surface area contributed by atoms with Gasteiger partial charge in [0, 0.05) is 12.6 Å². The molecule has 0 aliphatic rings. The fraction of sp³-hybridized carbons (Fsp3) is 0.375. The van der Waals surface area contributed by atoms with Crippen LogP contribution in [0.15, 0.2) is 6.07 Å². The average molecular weight is 236 g/mol. The zero-order chi connectivity index (χ0) is 10.7. The molecule has 14 heavy (non-hydrogen) atoms. The monoisotopic (exact) mass is 235 g/mol. The van der Waals surface area contributed by atoms with Crippen LogP contribution in [0, 0.1) is 0 Å². The third-order valence-corrected chi connectivity index (χ3v) is 2.39. The first kappa shape index (κ1) is 11.4. The first-order valence-electron chi connectivity index (χ1n) is 4.09. The summed E-state index contributed by atoms with van der Waals surface area (Å²) in [7, 11) is 0. The maximum absolute atomic E-state index is 11.5. The largest absolute Gasteiger partial charge is 0.347 e. The van der Waals surface area contributed by atoms with Gasteiger partial charge in [-0.2, -0.15) is 0 Å². The molecule has 1 rings (SSSR count). The Morgan fingerprint density at radius 1 is 1.71 bits per heavy atom. The summed E-state index contributed by atoms with van der Waals surface area (Å²) in [5.41, 5.74) is 5.69. The van der Waals surface area contributed by atoms with Crippen molar-refractivity contribution in [1.82, 2.24) is 10.3 Å². The summed E-state index contributed by atoms with van der Waals surface area (Å²) >= 11 is 11.3. The number of nitrogens with one attached hydrogen (secondary N) is 2. The minimum atomic E-state index is -0.267. The summed E-state index contributed by atoms with van der Waals surface area (Å²) in [6.07, 6.45) is 0. The van der Waals surface area contributed by atoms with E-state index < -0.39 is 0 Å². The van der Waals surface area contributed by atoms with Gasteiger partial charge in [0.05, 0.1) is 5.02 Å². The van der Waals surface area contributed by atoms with Crippen LogP contribution in [0.2, 0.25) is 10.2 Å². The second-order valence-corrected chi connectivity index (χ2v) is 3.74. The van der Waals surface area contributed by atoms with E-state index in [0.717, 1.165) is 0 Å². The molecule has 1 aromatic rings. The minimum absolute atomic E-state index is 0.0802. The van der Waals surface area contributed by atoms with Gasteiger partial charge < -0.3 is 16.0 Å². The molecule has 0 saturated carbocycles. The van der Waals surface area contributed by atoms with E-state index >= 15 is 0 Å². The van der Waals surface area contributed by atoms with Gasteiger partial charge >= 0.3 is 0 Å². The van der Waals surface area contributed by atoms with E-state index in [-0.39, 0.29) is 17.1 Å². The molecule has 4 N–H and O–H groups in total. The molecular weight excluding hydrogens is 225 g/mol. The number of hydrogen-bond acceptors (Lipinski definition) is 2. The standard InChI is InChI=1S/C8H11Cl2N3O/c1-4(3-11)12-8(14)6-2-5(9)7(10)13-6/h2,4,13H,3,11H2,1H3,(H,12,14)/t4-/m1/s1. The van der Waals surface area contributed by atoms with Crippen LogP contribution in [0.5, 0.6) is 0 Å². The fourth-order valence-corrected chi connectivity index (χ4v) is 1.20. The van der Waals surface area contributed by atoms with Crippen molar-refractivity contribution in [2.45, 2.75) is 13.0 Å². The van der Waals surface area contributed by atoms with Crippen LogP contribution in [0.25, 0.3) is 0 Å². The van der Waals surface area contributed by atoms with E-state index in [2.05, 4.69) is 10.3 Å². The van der Waals surface area contributed by atoms with Crippen molar-refractivity contribution in [2.24, 2.45) is 5.73 Å². The molecule has 1 atom stereocenters. The zero-order valence-corrected chi connectivity index (χ0v) is 9.12. The normalized spacial score (nSPS) is 12.6. The van der Waals surface area contributed by atoms with Gasteiger partial charge in [0.1, 0.15) is 10.8 Å². The van der Waals surface area contributed by atoms with Gasteiger partial charge in [-0.05, 0) is 13.0 Å². The van der Waals surface area contributed by atoms with Crippen LogP contribution in [0.1, 0.15) is 17.4 Å². The molecular formula is C8H11Cl2N3O. The smallest absolute Gasteiger partial charge is 0.268 e. The number of rotatable bonds is 3. The quantitative estimate of drug-likeness (QED) is 0.742. The summed E-state index contributed by atoms with van der Waals surface area (Å²) in [5, 5.41) is 3.27. The zero-order valence-electron chi connectivity index (χ0n) is 7.60. The molecule has 0 aromatic carbocycles. The van der Waals surface area contributed by atoms with E-state index in [0.29, 0.717) is 17.3 Å². The van der Waals surface area contributed by atoms with Crippen LogP contribution < -0.4 is 11.1 Å². The third-order valence-electron chi connectivity index (χ3n) is 1.70. The number of aromatic amines is 1. The lowest BCUT2D eigenvalue weighted by atomic mass is 10.3. The summed E-state index contributed by atoms with van der Waals surface area (Å²) in [4.78, 5) is 14.1. The van der Waals surface area contributed by atoms with Gasteiger partial charge in [-0.1, -0.05) is 23.2 Å². The van der Waals surface area contributed by atoms with Crippen molar-refractivity contribution in [2.75, 3.05) is 6.54 Å². The molecule has 0 aliphatic heterocycles. The Bertz CT molecular complexity index is 318. The van der Waals surface area contributed by atoms with Gasteiger partial charge in [-0.25, -0.2) is 0 Å². The van der Waals surface area contributed by atoms with Crippen LogP contribution in [-0.4, -0.2) is 23.5 Å². The lowest BCUT2D eigenvalue weighted by molar-refractivity contribution is 0.0937. The van der Waals surface area contributed by atoms with Crippen molar-refractivity contribution >= 4 is 29.1 Å². The molecule has 0 fully saturated rings. The summed E-state index contributed by atoms with van der Waals surface area (Å²) in [6.45, 7) is 2.19. The van der Waals surface area contributed by atoms with E-state index in [1.165, 1.54) is 6.07 Å². The molecule has 1 heterocycles. The number of carbonyl (C=O) groups is 1. The number of nitrogens with two attached hydrogens (primary N) is 1. The second-order valence-electron chi connectivity index (χ2n) is 2.96. The SMILES string of the molecule is C[C@H](CN)NC(=O)c1cc(Cl)c(Cl)[nH]1. The highest BCUT2D eigenvalue weighted by Crippen LogP contribution is 2.21. The Morgan fingerprint density at radius 2 is 2.36 bits per heavy atom. The lowest BCUT2D eigenvalue weighted by Gasteiger charge is -2.09. The van der Waals surface area contributed by atoms with E-state index in [9.17, 15) is 4.79 Å². The number of amides is 1. The Kier molecular flexibility index (Phi) is 3.80. The summed E-state index contributed by atoms with van der Waals surface area (Å²) in [6, 6.07) is 1.39. The topological polar surface area (TPSA) is 70.9 Å². The number of H-pyrrole nitrogens is 1. The Morgan fingerprint density at radius 3 is 2.79 bits per heavy atom. The molecule has 0 spiro atoms. The van der Waals surface area contributed by atoms with Crippen molar-refractivity contribution < 1.29 is 4.79 Å². The fourth-order valence-electron chi connectivity index (χ4n) is 0.887. The van der Waals surface area contributed by atoms with Crippen molar-refractivity contribution in [1.29, 1.82) is 0 Å². The molecule has 4 nitrogen and oxygen atoms in total. The molecule has 78 valence electrons. The van der Waals surface area contributed by atoms with Crippen LogP contribution in [0.3, 0.4) is 0 Å². The second kappa shape index (κ2) is 4.68. The summed E-state index contributed by atoms with van der Waals surface area (Å²) in [5.74, 6) is -0.267. The molecule has 0 unspecified atom stereocenters. The highest BCUT2D eigenvalue weighted by molar-refractivity contribution is 6.41. The van der Waals surface area contributed by atoms with Gasteiger partial charge in [-0.3, -0.25) is 4.79 Å². The molecule has 0 aliphatic carbocycles. The van der Waals surface area contributed by atoms with Gasteiger partial charge in [-0.15, -0.1) is 0 Å². The highest BCUT2D eigenvalue weighted by Gasteiger charge is 2.12. The van der Waals surface area contributed by atoms with Crippen LogP contribution in [0.4, 0.5) is 0 Å². The maximum Gasteiger partial charge on any atom is 0.268 e. The Hall–Kier alpha value is -0.710. The summed E-state index contributed by atoms with van der Waals surface area (Å²) < 4.78 is 0. The lowest BCUT2D eigenvalue weighted by Crippen LogP contribution is -2.37. The van der Waals surface area contributed by atoms with Gasteiger partial charge in [0.2, 0.25) is 0 Å². The predicted octanol–water partition coefficient (Wildman–Crippen LogP) is 1.40. The van der Waals surface area contributed by atoms with E-state index in [1.807, 2.05) is 6.92 Å². The minimum Gasteiger partial charge on any atom is -0.347 e. The van der Waals surface area contributed by atoms with Crippen molar-refractivity contribution in [3.05, 3.63) is 21.9 Å². The van der Waals surface area contributed by atoms with Crippen LogP contribution in [-0.2, 0) is 0 Å². The third kappa shape index (κ3) is 2.64. The Labute approximate surface area is 91.8 Å². The Balaban J connectivity index is 2.70. The van der Waals surface area contributed by atoms with Gasteiger partial charge in [0.25, 0.3) is 5.91 Å². The number of hydrogen-bond donors (Lipinski definition) is 3. The van der Waals surface area contributed by atoms with Crippen molar-refractivity contribution in [3.8, 4) is 0 Å². The highest BCUT2D eigenvalue weighted by atomic mass is 35.5. The molecule has 0 bridgehead atoms. The number of halogens is 2. The molecule has 1 amide bonds. The molecule has 6 heteroatoms. The van der Waals surface area contributed by atoms with Crippen molar-refractivity contribution in [3.63, 3.8) is 0 Å². The predicted molar refractivity (Wildman–Crippen MR) is 56.8 cm³/mol. The number of aromatic nitrogens is 1. The average Bonchev–Trinajstić information content (AvgIpc) is 2.47. The van der Waals surface area contributed by atoms with E-state index in [4.69, 9.17) is 28.9 Å². The molecule has 0 radical (unpaired) electrons. The maximum atomic E-state index is 11.5. The molecule has 1 aromatic heterocycles. The first-order chi connectivity index (χ1) is 6.54. The first-order valence-corrected chi connectivity index (χ1v) is 4.85. The van der Waals surface area contributed by atoms with Gasteiger partial charge in [0.15, 0.2) is 0 Å².